The molecule has 2 rings (SSSR count). The van der Waals surface area contributed by atoms with E-state index in [9.17, 15) is 9.90 Å². The summed E-state index contributed by atoms with van der Waals surface area (Å²) in [5, 5.41) is 12.4. The third-order valence-corrected chi connectivity index (χ3v) is 4.09. The predicted molar refractivity (Wildman–Crippen MR) is 74.6 cm³/mol. The Morgan fingerprint density at radius 3 is 2.89 bits per heavy atom. The monoisotopic (exact) mass is 311 g/mol. The van der Waals surface area contributed by atoms with Crippen LogP contribution in [0, 0.1) is 12.8 Å². The van der Waals surface area contributed by atoms with E-state index in [2.05, 4.69) is 21.2 Å². The van der Waals surface area contributed by atoms with Crippen LogP contribution in [0.5, 0.6) is 0 Å². The van der Waals surface area contributed by atoms with Crippen LogP contribution in [0.15, 0.2) is 22.7 Å². The molecule has 98 valence electrons. The van der Waals surface area contributed by atoms with Crippen molar-refractivity contribution in [1.82, 2.24) is 5.32 Å². The second-order valence-electron chi connectivity index (χ2n) is 5.03. The van der Waals surface area contributed by atoms with Crippen LogP contribution in [-0.2, 0) is 0 Å². The summed E-state index contributed by atoms with van der Waals surface area (Å²) < 4.78 is 0.825. The molecule has 0 saturated heterocycles. The molecule has 3 nitrogen and oxygen atoms in total. The van der Waals surface area contributed by atoms with E-state index in [4.69, 9.17) is 0 Å². The van der Waals surface area contributed by atoms with Crippen LogP contribution >= 0.6 is 15.9 Å². The van der Waals surface area contributed by atoms with Gasteiger partial charge in [-0.1, -0.05) is 6.07 Å². The topological polar surface area (TPSA) is 49.3 Å². The smallest absolute Gasteiger partial charge is 0.252 e. The summed E-state index contributed by atoms with van der Waals surface area (Å²) in [5.74, 6) is 0.358. The zero-order valence-electron chi connectivity index (χ0n) is 10.4. The standard InChI is InChI=1S/C14H18BrNO2/c1-9-2-5-12(13(15)6-9)14(18)16-8-10-3-4-11(17)7-10/h2,5-6,10-11,17H,3-4,7-8H2,1H3,(H,16,18). The van der Waals surface area contributed by atoms with Gasteiger partial charge in [-0.05, 0) is 65.7 Å². The number of nitrogens with one attached hydrogen (secondary N) is 1. The van der Waals surface area contributed by atoms with Crippen molar-refractivity contribution >= 4 is 21.8 Å². The van der Waals surface area contributed by atoms with E-state index in [1.54, 1.807) is 0 Å². The van der Waals surface area contributed by atoms with Crippen molar-refractivity contribution in [2.24, 2.45) is 5.92 Å². The summed E-state index contributed by atoms with van der Waals surface area (Å²) in [6, 6.07) is 5.70. The Morgan fingerprint density at radius 1 is 1.50 bits per heavy atom. The SMILES string of the molecule is Cc1ccc(C(=O)NCC2CCC(O)C2)c(Br)c1. The van der Waals surface area contributed by atoms with Gasteiger partial charge < -0.3 is 10.4 Å². The Kier molecular flexibility index (Phi) is 4.40. The fourth-order valence-electron chi connectivity index (χ4n) is 2.37. The van der Waals surface area contributed by atoms with E-state index in [0.29, 0.717) is 18.0 Å². The van der Waals surface area contributed by atoms with Gasteiger partial charge in [0.05, 0.1) is 11.7 Å². The number of rotatable bonds is 3. The molecule has 2 unspecified atom stereocenters. The highest BCUT2D eigenvalue weighted by Crippen LogP contribution is 2.25. The molecule has 1 aromatic rings. The third kappa shape index (κ3) is 3.33. The number of halogens is 1. The lowest BCUT2D eigenvalue weighted by molar-refractivity contribution is 0.0944. The van der Waals surface area contributed by atoms with Crippen molar-refractivity contribution in [3.8, 4) is 0 Å². The number of hydrogen-bond acceptors (Lipinski definition) is 2. The minimum absolute atomic E-state index is 0.0525. The van der Waals surface area contributed by atoms with E-state index in [0.717, 1.165) is 29.3 Å². The van der Waals surface area contributed by atoms with Crippen molar-refractivity contribution < 1.29 is 9.90 Å². The molecule has 0 bridgehead atoms. The van der Waals surface area contributed by atoms with Crippen LogP contribution in [0.25, 0.3) is 0 Å². The first kappa shape index (κ1) is 13.6. The number of carbonyl (C=O) groups excluding carboxylic acids is 1. The van der Waals surface area contributed by atoms with Gasteiger partial charge in [0.2, 0.25) is 0 Å². The molecule has 1 aliphatic carbocycles. The van der Waals surface area contributed by atoms with Gasteiger partial charge in [0, 0.05) is 11.0 Å². The minimum Gasteiger partial charge on any atom is -0.393 e. The first-order chi connectivity index (χ1) is 8.56. The summed E-state index contributed by atoms with van der Waals surface area (Å²) in [6.07, 6.45) is 2.47. The van der Waals surface area contributed by atoms with Crippen LogP contribution in [0.4, 0.5) is 0 Å². The van der Waals surface area contributed by atoms with E-state index in [1.807, 2.05) is 25.1 Å². The van der Waals surface area contributed by atoms with Gasteiger partial charge in [0.15, 0.2) is 0 Å². The van der Waals surface area contributed by atoms with Gasteiger partial charge in [0.1, 0.15) is 0 Å². The molecule has 0 aliphatic heterocycles. The Morgan fingerprint density at radius 2 is 2.28 bits per heavy atom. The highest BCUT2D eigenvalue weighted by atomic mass is 79.9. The molecular formula is C14H18BrNO2. The zero-order valence-corrected chi connectivity index (χ0v) is 12.0. The van der Waals surface area contributed by atoms with Crippen molar-refractivity contribution in [3.63, 3.8) is 0 Å². The Bertz CT molecular complexity index is 447. The van der Waals surface area contributed by atoms with Gasteiger partial charge in [-0.2, -0.15) is 0 Å². The van der Waals surface area contributed by atoms with E-state index in [1.165, 1.54) is 0 Å². The molecule has 1 fully saturated rings. The maximum Gasteiger partial charge on any atom is 0.252 e. The Hall–Kier alpha value is -0.870. The van der Waals surface area contributed by atoms with Crippen molar-refractivity contribution in [1.29, 1.82) is 0 Å². The van der Waals surface area contributed by atoms with Crippen LogP contribution in [0.1, 0.15) is 35.2 Å². The van der Waals surface area contributed by atoms with Gasteiger partial charge in [0.25, 0.3) is 5.91 Å². The van der Waals surface area contributed by atoms with E-state index < -0.39 is 0 Å². The largest absolute Gasteiger partial charge is 0.393 e. The summed E-state index contributed by atoms with van der Waals surface area (Å²) in [5.41, 5.74) is 1.79. The maximum absolute atomic E-state index is 12.0. The highest BCUT2D eigenvalue weighted by molar-refractivity contribution is 9.10. The normalized spacial score (nSPS) is 23.1. The Labute approximate surface area is 116 Å². The number of hydrogen-bond donors (Lipinski definition) is 2. The lowest BCUT2D eigenvalue weighted by Crippen LogP contribution is -2.28. The van der Waals surface area contributed by atoms with Crippen LogP contribution in [0.2, 0.25) is 0 Å². The molecule has 1 amide bonds. The summed E-state index contributed by atoms with van der Waals surface area (Å²) in [6.45, 7) is 2.64. The molecule has 0 radical (unpaired) electrons. The fourth-order valence-corrected chi connectivity index (χ4v) is 3.04. The number of aliphatic hydroxyl groups excluding tert-OH is 1. The Balaban J connectivity index is 1.91. The third-order valence-electron chi connectivity index (χ3n) is 3.43. The second-order valence-corrected chi connectivity index (χ2v) is 5.88. The predicted octanol–water partition coefficient (Wildman–Crippen LogP) is 2.65. The summed E-state index contributed by atoms with van der Waals surface area (Å²) >= 11 is 3.41. The molecule has 0 heterocycles. The maximum atomic E-state index is 12.0. The van der Waals surface area contributed by atoms with E-state index >= 15 is 0 Å². The molecule has 0 aromatic heterocycles. The molecule has 4 heteroatoms. The van der Waals surface area contributed by atoms with Gasteiger partial charge >= 0.3 is 0 Å². The molecule has 0 spiro atoms. The minimum atomic E-state index is -0.182. The number of benzene rings is 1. The molecule has 18 heavy (non-hydrogen) atoms. The molecular weight excluding hydrogens is 294 g/mol. The lowest BCUT2D eigenvalue weighted by atomic mass is 10.1. The van der Waals surface area contributed by atoms with Gasteiger partial charge in [-0.25, -0.2) is 0 Å². The first-order valence-corrected chi connectivity index (χ1v) is 7.08. The molecule has 2 atom stereocenters. The van der Waals surface area contributed by atoms with Gasteiger partial charge in [-0.3, -0.25) is 4.79 Å². The van der Waals surface area contributed by atoms with Crippen molar-refractivity contribution in [3.05, 3.63) is 33.8 Å². The van der Waals surface area contributed by atoms with Gasteiger partial charge in [-0.15, -0.1) is 0 Å². The fraction of sp³-hybridized carbons (Fsp3) is 0.500. The van der Waals surface area contributed by atoms with E-state index in [-0.39, 0.29) is 12.0 Å². The highest BCUT2D eigenvalue weighted by Gasteiger charge is 2.23. The zero-order chi connectivity index (χ0) is 13.1. The molecule has 1 saturated carbocycles. The van der Waals surface area contributed by atoms with Crippen LogP contribution < -0.4 is 5.32 Å². The molecule has 1 aromatic carbocycles. The van der Waals surface area contributed by atoms with Crippen molar-refractivity contribution in [2.45, 2.75) is 32.3 Å². The van der Waals surface area contributed by atoms with Crippen LogP contribution in [0.3, 0.4) is 0 Å². The quantitative estimate of drug-likeness (QED) is 0.901. The first-order valence-electron chi connectivity index (χ1n) is 6.28. The second kappa shape index (κ2) is 5.85. The molecule has 2 N–H and O–H groups in total. The number of amides is 1. The summed E-state index contributed by atoms with van der Waals surface area (Å²) in [7, 11) is 0. The number of aliphatic hydroxyl groups is 1. The number of carbonyl (C=O) groups is 1. The average Bonchev–Trinajstić information content (AvgIpc) is 2.72. The van der Waals surface area contributed by atoms with Crippen LogP contribution in [-0.4, -0.2) is 23.7 Å². The summed E-state index contributed by atoms with van der Waals surface area (Å²) in [4.78, 5) is 12.0. The number of aryl methyl sites for hydroxylation is 1. The molecule has 1 aliphatic rings. The lowest BCUT2D eigenvalue weighted by Gasteiger charge is -2.12. The van der Waals surface area contributed by atoms with Crippen molar-refractivity contribution in [2.75, 3.05) is 6.54 Å². The average molecular weight is 312 g/mol.